The van der Waals surface area contributed by atoms with E-state index < -0.39 is 0 Å². The third kappa shape index (κ3) is 12.1. The van der Waals surface area contributed by atoms with Gasteiger partial charge in [0.1, 0.15) is 6.04 Å². The maximum atomic E-state index is 2.62. The van der Waals surface area contributed by atoms with Crippen LogP contribution in [0.2, 0.25) is 0 Å². The lowest BCUT2D eigenvalue weighted by Crippen LogP contribution is -1.82. The molecule has 0 aromatic carbocycles. The molecule has 0 aliphatic carbocycles. The van der Waals surface area contributed by atoms with Gasteiger partial charge in [0.15, 0.2) is 0 Å². The van der Waals surface area contributed by atoms with Gasteiger partial charge in [0.25, 0.3) is 0 Å². The van der Waals surface area contributed by atoms with E-state index in [2.05, 4.69) is 26.0 Å². The van der Waals surface area contributed by atoms with Crippen LogP contribution in [0.15, 0.2) is 0 Å². The first-order chi connectivity index (χ1) is 1.73. The molecule has 0 aliphatic heterocycles. The SMILES string of the molecule is BB(P)P. The van der Waals surface area contributed by atoms with E-state index in [9.17, 15) is 0 Å². The second kappa shape index (κ2) is 2.24. The summed E-state index contributed by atoms with van der Waals surface area (Å²) in [6.07, 6.45) is 0. The summed E-state index contributed by atoms with van der Waals surface area (Å²) in [5, 5.41) is 0. The molecule has 0 fully saturated rings. The highest BCUT2D eigenvalue weighted by atomic mass is 31.1. The van der Waals surface area contributed by atoms with Gasteiger partial charge in [-0.25, -0.2) is 0 Å². The van der Waals surface area contributed by atoms with Gasteiger partial charge < -0.3 is 0 Å². The summed E-state index contributed by atoms with van der Waals surface area (Å²) in [6, 6.07) is 0.667. The van der Waals surface area contributed by atoms with Gasteiger partial charge in [0.05, 0.1) is 7.74 Å². The predicted molar refractivity (Wildman–Crippen MR) is 33.7 cm³/mol. The summed E-state index contributed by atoms with van der Waals surface area (Å²) in [4.78, 5) is 0. The summed E-state index contributed by atoms with van der Waals surface area (Å²) in [5.74, 6) is 0. The third-order valence-corrected chi connectivity index (χ3v) is 0. The van der Waals surface area contributed by atoms with E-state index in [1.165, 1.54) is 0 Å². The van der Waals surface area contributed by atoms with E-state index in [0.29, 0.717) is 6.04 Å². The minimum absolute atomic E-state index is 0.667. The highest BCUT2D eigenvalue weighted by Crippen LogP contribution is 1.93. The summed E-state index contributed by atoms with van der Waals surface area (Å²) >= 11 is 0. The highest BCUT2D eigenvalue weighted by molar-refractivity contribution is 8.02. The fraction of sp³-hybridized carbons (Fsp3) is 0. The fourth-order valence-electron chi connectivity index (χ4n) is 0. The maximum Gasteiger partial charge on any atom is 0.145 e. The zero-order chi connectivity index (χ0) is 3.58. The molecule has 0 spiro atoms. The van der Waals surface area contributed by atoms with Gasteiger partial charge in [-0.05, 0) is 0 Å². The van der Waals surface area contributed by atoms with E-state index in [4.69, 9.17) is 0 Å². The van der Waals surface area contributed by atoms with Crippen LogP contribution in [0.4, 0.5) is 0 Å². The molecule has 0 aromatic rings. The van der Waals surface area contributed by atoms with E-state index in [1.807, 2.05) is 0 Å². The third-order valence-electron chi connectivity index (χ3n) is 0. The lowest BCUT2D eigenvalue weighted by atomic mass is 9.76. The first kappa shape index (κ1) is 4.99. The van der Waals surface area contributed by atoms with Gasteiger partial charge >= 0.3 is 0 Å². The molecule has 4 heavy (non-hydrogen) atoms. The lowest BCUT2D eigenvalue weighted by Gasteiger charge is -1.71. The van der Waals surface area contributed by atoms with Crippen LogP contribution in [0, 0.1) is 0 Å². The molecule has 0 amide bonds. The minimum Gasteiger partial charge on any atom is -0.174 e. The molecule has 0 nitrogen and oxygen atoms in total. The molecule has 0 aromatic heterocycles. The average molecular weight is 89.6 g/mol. The summed E-state index contributed by atoms with van der Waals surface area (Å²) < 4.78 is 0. The zero-order valence-corrected chi connectivity index (χ0v) is 5.04. The second-order valence-electron chi connectivity index (χ2n) is 0.859. The van der Waals surface area contributed by atoms with Crippen LogP contribution in [0.1, 0.15) is 0 Å². The van der Waals surface area contributed by atoms with Gasteiger partial charge in [-0.1, -0.05) is 0 Å². The van der Waals surface area contributed by atoms with Crippen molar-refractivity contribution in [1.29, 1.82) is 0 Å². The first-order valence-corrected chi connectivity index (χ1v) is 2.58. The fourth-order valence-corrected chi connectivity index (χ4v) is 0. The highest BCUT2D eigenvalue weighted by Gasteiger charge is 1.77. The van der Waals surface area contributed by atoms with Crippen molar-refractivity contribution >= 4 is 32.0 Å². The van der Waals surface area contributed by atoms with Crippen molar-refractivity contribution in [3.63, 3.8) is 0 Å². The smallest absolute Gasteiger partial charge is 0.145 e. The monoisotopic (exact) mass is 90.0 g/mol. The van der Waals surface area contributed by atoms with Crippen molar-refractivity contribution < 1.29 is 0 Å². The van der Waals surface area contributed by atoms with Crippen molar-refractivity contribution in [3.8, 4) is 0 Å². The Kier molecular flexibility index (Phi) is 2.79. The second-order valence-corrected chi connectivity index (χ2v) is 3.73. The molecule has 0 heterocycles. The van der Waals surface area contributed by atoms with Crippen molar-refractivity contribution in [2.75, 3.05) is 0 Å². The van der Waals surface area contributed by atoms with E-state index in [0.717, 1.165) is 0 Å². The van der Waals surface area contributed by atoms with Gasteiger partial charge in [-0.2, -0.15) is 18.2 Å². The van der Waals surface area contributed by atoms with Crippen molar-refractivity contribution in [2.24, 2.45) is 0 Å². The Morgan fingerprint density at radius 2 is 1.50 bits per heavy atom. The minimum atomic E-state index is 0.667. The molecular weight excluding hydrogens is 83.6 g/mol. The van der Waals surface area contributed by atoms with Crippen molar-refractivity contribution in [3.05, 3.63) is 0 Å². The Balaban J connectivity index is 2.32. The molecular formula is H6B2P2. The molecule has 4 heteroatoms. The maximum absolute atomic E-state index is 2.62. The van der Waals surface area contributed by atoms with Gasteiger partial charge in [0, 0.05) is 0 Å². The normalized spacial score (nSPS) is 6.50. The molecule has 0 N–H and O–H groups in total. The van der Waals surface area contributed by atoms with Crippen LogP contribution in [-0.2, 0) is 0 Å². The molecule has 0 saturated heterocycles. The number of hydrogen-bond acceptors (Lipinski definition) is 0. The van der Waals surface area contributed by atoms with Crippen LogP contribution in [0.25, 0.3) is 0 Å². The van der Waals surface area contributed by atoms with Crippen LogP contribution >= 0.6 is 18.2 Å². The van der Waals surface area contributed by atoms with E-state index >= 15 is 0 Å². The molecule has 22 valence electrons. The first-order valence-electron chi connectivity index (χ1n) is 1.24. The Bertz CT molecular complexity index is 8.75. The standard InChI is InChI=1S/B2H6P2/c1-2(3)4/h1,3-4H2. The number of rotatable bonds is 0. The van der Waals surface area contributed by atoms with Crippen molar-refractivity contribution in [2.45, 2.75) is 0 Å². The molecule has 0 bridgehead atoms. The summed E-state index contributed by atoms with van der Waals surface area (Å²) in [6.45, 7) is 0. The Morgan fingerprint density at radius 3 is 1.50 bits per heavy atom. The average Bonchev–Trinajstić information content (AvgIpc) is 0.811. The molecule has 0 radical (unpaired) electrons. The summed E-state index contributed by atoms with van der Waals surface area (Å²) in [5.41, 5.74) is 0. The van der Waals surface area contributed by atoms with Crippen LogP contribution in [0.5, 0.6) is 0 Å². The zero-order valence-electron chi connectivity index (χ0n) is 2.73. The number of hydrogen-bond donors (Lipinski definition) is 0. The molecule has 2 unspecified atom stereocenters. The van der Waals surface area contributed by atoms with Gasteiger partial charge in [-0.15, -0.1) is 0 Å². The lowest BCUT2D eigenvalue weighted by molar-refractivity contribution is 4.30. The Morgan fingerprint density at radius 1 is 1.50 bits per heavy atom. The van der Waals surface area contributed by atoms with E-state index in [-0.39, 0.29) is 0 Å². The van der Waals surface area contributed by atoms with Gasteiger partial charge in [0.2, 0.25) is 0 Å². The molecule has 0 aliphatic rings. The van der Waals surface area contributed by atoms with Crippen LogP contribution in [0.3, 0.4) is 0 Å². The molecule has 0 rings (SSSR count). The van der Waals surface area contributed by atoms with Crippen LogP contribution in [-0.4, -0.2) is 13.8 Å². The summed E-state index contributed by atoms with van der Waals surface area (Å²) in [7, 11) is 7.33. The van der Waals surface area contributed by atoms with Crippen molar-refractivity contribution in [1.82, 2.24) is 0 Å². The van der Waals surface area contributed by atoms with Gasteiger partial charge in [-0.3, -0.25) is 0 Å². The predicted octanol–water partition coefficient (Wildman–Crippen LogP) is -0.645. The molecule has 2 atom stereocenters. The molecule has 0 saturated carbocycles. The largest absolute Gasteiger partial charge is 0.174 e. The topological polar surface area (TPSA) is 0 Å². The quantitative estimate of drug-likeness (QED) is 0.274. The Hall–Kier alpha value is 0.990. The van der Waals surface area contributed by atoms with Crippen LogP contribution < -0.4 is 0 Å². The Labute approximate surface area is 32.9 Å². The van der Waals surface area contributed by atoms with E-state index in [1.54, 1.807) is 0 Å².